The first-order chi connectivity index (χ1) is 16.0. The van der Waals surface area contributed by atoms with Crippen molar-refractivity contribution in [2.75, 3.05) is 31.1 Å². The molecule has 0 amide bonds. The molecule has 5 rings (SSSR count). The van der Waals surface area contributed by atoms with E-state index < -0.39 is 0 Å². The Bertz CT molecular complexity index is 1230. The molecule has 3 aromatic rings. The van der Waals surface area contributed by atoms with E-state index in [0.717, 1.165) is 31.9 Å². The third-order valence-electron chi connectivity index (χ3n) is 6.05. The highest BCUT2D eigenvalue weighted by molar-refractivity contribution is 6.32. The second-order valence-corrected chi connectivity index (χ2v) is 8.55. The summed E-state index contributed by atoms with van der Waals surface area (Å²) in [6.07, 6.45) is 1.63. The van der Waals surface area contributed by atoms with Crippen molar-refractivity contribution in [3.63, 3.8) is 0 Å². The third kappa shape index (κ3) is 4.32. The van der Waals surface area contributed by atoms with E-state index in [2.05, 4.69) is 9.80 Å². The number of allylic oxidation sites excluding steroid dienone is 1. The number of nitrogens with zero attached hydrogens (tertiary/aromatic N) is 2. The minimum absolute atomic E-state index is 0.0986. The maximum absolute atomic E-state index is 13.2. The smallest absolute Gasteiger partial charge is 0.231 e. The zero-order valence-corrected chi connectivity index (χ0v) is 18.6. The lowest BCUT2D eigenvalue weighted by atomic mass is 10.0. The number of aromatic hydroxyl groups is 1. The van der Waals surface area contributed by atoms with Gasteiger partial charge in [0.25, 0.3) is 0 Å². The summed E-state index contributed by atoms with van der Waals surface area (Å²) in [7, 11) is 0. The normalized spacial score (nSPS) is 17.3. The largest absolute Gasteiger partial charge is 0.507 e. The van der Waals surface area contributed by atoms with E-state index >= 15 is 0 Å². The predicted molar refractivity (Wildman–Crippen MR) is 126 cm³/mol. The molecule has 0 atom stereocenters. The van der Waals surface area contributed by atoms with E-state index in [1.54, 1.807) is 36.4 Å². The molecule has 0 bridgehead atoms. The molecule has 0 unspecified atom stereocenters. The number of carbonyl (C=O) groups is 1. The van der Waals surface area contributed by atoms with Crippen LogP contribution in [0.15, 0.2) is 66.4 Å². The van der Waals surface area contributed by atoms with E-state index in [9.17, 15) is 14.3 Å². The van der Waals surface area contributed by atoms with Gasteiger partial charge in [0.2, 0.25) is 5.78 Å². The highest BCUT2D eigenvalue weighted by Gasteiger charge is 2.32. The topological polar surface area (TPSA) is 53.0 Å². The maximum atomic E-state index is 13.2. The van der Waals surface area contributed by atoms with E-state index in [-0.39, 0.29) is 23.1 Å². The molecule has 0 spiro atoms. The molecule has 0 aliphatic carbocycles. The summed E-state index contributed by atoms with van der Waals surface area (Å²) in [5, 5.41) is 11.1. The van der Waals surface area contributed by atoms with Crippen molar-refractivity contribution in [3.05, 3.63) is 94.0 Å². The van der Waals surface area contributed by atoms with Crippen molar-refractivity contribution in [2.45, 2.75) is 6.54 Å². The summed E-state index contributed by atoms with van der Waals surface area (Å²) in [6, 6.07) is 16.9. The van der Waals surface area contributed by atoms with Gasteiger partial charge in [-0.1, -0.05) is 29.8 Å². The molecule has 33 heavy (non-hydrogen) atoms. The number of ether oxygens (including phenoxy) is 1. The molecule has 2 aliphatic heterocycles. The quantitative estimate of drug-likeness (QED) is 0.543. The number of benzene rings is 3. The van der Waals surface area contributed by atoms with Gasteiger partial charge in [-0.25, -0.2) is 4.39 Å². The van der Waals surface area contributed by atoms with Gasteiger partial charge in [-0.15, -0.1) is 0 Å². The van der Waals surface area contributed by atoms with Gasteiger partial charge in [0.1, 0.15) is 17.3 Å². The van der Waals surface area contributed by atoms with Gasteiger partial charge in [-0.05, 0) is 54.1 Å². The number of hydrogen-bond donors (Lipinski definition) is 1. The number of phenols is 1. The molecule has 3 aromatic carbocycles. The summed E-state index contributed by atoms with van der Waals surface area (Å²) in [5.74, 6) is 0.211. The van der Waals surface area contributed by atoms with Crippen LogP contribution in [0.5, 0.6) is 11.5 Å². The van der Waals surface area contributed by atoms with E-state index in [0.29, 0.717) is 34.0 Å². The van der Waals surface area contributed by atoms with E-state index in [4.69, 9.17) is 16.3 Å². The lowest BCUT2D eigenvalue weighted by Crippen LogP contribution is -2.46. The lowest BCUT2D eigenvalue weighted by molar-refractivity contribution is 0.101. The van der Waals surface area contributed by atoms with Gasteiger partial charge < -0.3 is 14.7 Å². The molecule has 0 radical (unpaired) electrons. The van der Waals surface area contributed by atoms with Gasteiger partial charge in [-0.3, -0.25) is 9.69 Å². The van der Waals surface area contributed by atoms with Crippen LogP contribution in [-0.2, 0) is 6.54 Å². The van der Waals surface area contributed by atoms with E-state index in [1.165, 1.54) is 12.1 Å². The fourth-order valence-electron chi connectivity index (χ4n) is 4.22. The van der Waals surface area contributed by atoms with Crippen LogP contribution >= 0.6 is 11.6 Å². The lowest BCUT2D eigenvalue weighted by Gasteiger charge is -2.36. The molecule has 5 nitrogen and oxygen atoms in total. The Kier molecular flexibility index (Phi) is 5.79. The summed E-state index contributed by atoms with van der Waals surface area (Å²) in [4.78, 5) is 17.3. The molecule has 2 aliphatic rings. The summed E-state index contributed by atoms with van der Waals surface area (Å²) in [6.45, 7) is 3.53. The van der Waals surface area contributed by atoms with Gasteiger partial charge in [0, 0.05) is 43.4 Å². The fraction of sp³-hybridized carbons (Fsp3) is 0.192. The van der Waals surface area contributed by atoms with Gasteiger partial charge in [0.05, 0.1) is 11.1 Å². The monoisotopic (exact) mass is 464 g/mol. The van der Waals surface area contributed by atoms with Crippen LogP contribution in [0.4, 0.5) is 10.1 Å². The number of phenolic OH excluding ortho intramolecular Hbond substituents is 1. The molecular formula is C26H22ClFN2O3. The number of Topliss-reactive ketones (excluding diaryl/α,β-unsaturated/α-hetero) is 1. The molecule has 1 fully saturated rings. The van der Waals surface area contributed by atoms with Gasteiger partial charge >= 0.3 is 0 Å². The molecule has 1 N–H and O–H groups in total. The first-order valence-corrected chi connectivity index (χ1v) is 11.1. The number of halogens is 2. The molecule has 2 heterocycles. The second-order valence-electron chi connectivity index (χ2n) is 8.14. The minimum atomic E-state index is -0.247. The third-order valence-corrected chi connectivity index (χ3v) is 6.40. The fourth-order valence-corrected chi connectivity index (χ4v) is 4.41. The van der Waals surface area contributed by atoms with Gasteiger partial charge in [0.15, 0.2) is 5.76 Å². The Morgan fingerprint density at radius 1 is 1.00 bits per heavy atom. The number of fused-ring (bicyclic) bond motifs is 1. The van der Waals surface area contributed by atoms with Crippen LogP contribution in [0, 0.1) is 5.82 Å². The highest BCUT2D eigenvalue weighted by atomic mass is 35.5. The van der Waals surface area contributed by atoms with Crippen molar-refractivity contribution in [3.8, 4) is 11.5 Å². The van der Waals surface area contributed by atoms with Crippen LogP contribution in [0.3, 0.4) is 0 Å². The molecule has 168 valence electrons. The number of rotatable bonds is 4. The zero-order valence-electron chi connectivity index (χ0n) is 17.8. The number of hydrogen-bond acceptors (Lipinski definition) is 5. The Balaban J connectivity index is 1.33. The second kappa shape index (κ2) is 8.89. The number of ketones is 1. The van der Waals surface area contributed by atoms with Crippen molar-refractivity contribution in [1.82, 2.24) is 4.90 Å². The Morgan fingerprint density at radius 2 is 1.73 bits per heavy atom. The average molecular weight is 465 g/mol. The maximum Gasteiger partial charge on any atom is 0.231 e. The SMILES string of the molecule is O=C1/C(=C/c2ccccc2Cl)Oc2c1ccc(O)c2CN1CCN(c2ccc(F)cc2)CC1. The Labute approximate surface area is 196 Å². The minimum Gasteiger partial charge on any atom is -0.507 e. The average Bonchev–Trinajstić information content (AvgIpc) is 3.14. The molecule has 0 saturated carbocycles. The number of carbonyl (C=O) groups excluding carboxylic acids is 1. The first-order valence-electron chi connectivity index (χ1n) is 10.8. The molecule has 0 aromatic heterocycles. The van der Waals surface area contributed by atoms with Crippen molar-refractivity contribution in [1.29, 1.82) is 0 Å². The van der Waals surface area contributed by atoms with Crippen molar-refractivity contribution < 1.29 is 19.0 Å². The highest BCUT2D eigenvalue weighted by Crippen LogP contribution is 2.40. The van der Waals surface area contributed by atoms with Crippen LogP contribution in [0.2, 0.25) is 5.02 Å². The van der Waals surface area contributed by atoms with Crippen LogP contribution < -0.4 is 9.64 Å². The zero-order chi connectivity index (χ0) is 22.9. The number of piperazine rings is 1. The summed E-state index contributed by atoms with van der Waals surface area (Å²) in [5.41, 5.74) is 2.71. The molecule has 1 saturated heterocycles. The molecule has 7 heteroatoms. The predicted octanol–water partition coefficient (Wildman–Crippen LogP) is 5.12. The Hall–Kier alpha value is -3.35. The van der Waals surface area contributed by atoms with E-state index in [1.807, 2.05) is 18.2 Å². The van der Waals surface area contributed by atoms with Crippen LogP contribution in [-0.4, -0.2) is 42.0 Å². The van der Waals surface area contributed by atoms with Crippen LogP contribution in [0.25, 0.3) is 6.08 Å². The van der Waals surface area contributed by atoms with Crippen molar-refractivity contribution >= 4 is 29.1 Å². The van der Waals surface area contributed by atoms with Crippen LogP contribution in [0.1, 0.15) is 21.5 Å². The van der Waals surface area contributed by atoms with Crippen molar-refractivity contribution in [2.24, 2.45) is 0 Å². The van der Waals surface area contributed by atoms with Gasteiger partial charge in [-0.2, -0.15) is 0 Å². The summed E-state index contributed by atoms with van der Waals surface area (Å²) < 4.78 is 19.2. The molecular weight excluding hydrogens is 443 g/mol. The Morgan fingerprint density at radius 3 is 2.45 bits per heavy atom. The standard InChI is InChI=1S/C26H22ClFN2O3/c27-22-4-2-1-3-17(22)15-24-25(32)20-9-10-23(31)21(26(20)33-24)16-29-11-13-30(14-12-29)19-7-5-18(28)6-8-19/h1-10,15,31H,11-14,16H2/b24-15-. The summed E-state index contributed by atoms with van der Waals surface area (Å²) >= 11 is 6.23. The number of anilines is 1. The first kappa shape index (κ1) is 21.5.